The van der Waals surface area contributed by atoms with Crippen molar-refractivity contribution in [1.29, 1.82) is 0 Å². The summed E-state index contributed by atoms with van der Waals surface area (Å²) in [6.45, 7) is 3.80. The van der Waals surface area contributed by atoms with E-state index in [0.29, 0.717) is 16.3 Å². The first-order chi connectivity index (χ1) is 16.9. The molecule has 0 unspecified atom stereocenters. The largest absolute Gasteiger partial charge is 0.465 e. The minimum absolute atomic E-state index is 0.192. The fourth-order valence-corrected chi connectivity index (χ4v) is 5.52. The van der Waals surface area contributed by atoms with Gasteiger partial charge in [-0.2, -0.15) is 0 Å². The Kier molecular flexibility index (Phi) is 9.62. The van der Waals surface area contributed by atoms with E-state index < -0.39 is 17.9 Å². The first kappa shape index (κ1) is 26.6. The Balaban J connectivity index is 1.88. The van der Waals surface area contributed by atoms with E-state index in [1.165, 1.54) is 35.8 Å². The monoisotopic (exact) mass is 518 g/mol. The van der Waals surface area contributed by atoms with Gasteiger partial charge in [-0.05, 0) is 75.5 Å². The summed E-state index contributed by atoms with van der Waals surface area (Å²) in [5, 5.41) is 6.97. The average molecular weight is 519 g/mol. The van der Waals surface area contributed by atoms with Crippen LogP contribution in [0, 0.1) is 0 Å². The van der Waals surface area contributed by atoms with Gasteiger partial charge in [0, 0.05) is 10.6 Å². The van der Waals surface area contributed by atoms with E-state index in [9.17, 15) is 14.4 Å². The lowest BCUT2D eigenvalue weighted by Gasteiger charge is -2.13. The van der Waals surface area contributed by atoms with Crippen molar-refractivity contribution in [3.63, 3.8) is 0 Å². The number of hydrogen-bond acceptors (Lipinski definition) is 8. The standard InChI is InChI=1S/C25H30N2O6S2/c1-4-32-22(28)15-12-16(23(29)33-5-2)14-17(13-15)26-25(34)27-21-20(24(30)31-3)18-10-8-6-7-9-11-19(18)35-21/h12-14H,4-11H2,1-3H3,(H2,26,27,34). The van der Waals surface area contributed by atoms with Crippen molar-refractivity contribution in [2.24, 2.45) is 0 Å². The summed E-state index contributed by atoms with van der Waals surface area (Å²) >= 11 is 7.02. The van der Waals surface area contributed by atoms with E-state index in [1.807, 2.05) is 0 Å². The maximum Gasteiger partial charge on any atom is 0.341 e. The number of ether oxygens (including phenoxy) is 3. The van der Waals surface area contributed by atoms with Gasteiger partial charge >= 0.3 is 17.9 Å². The van der Waals surface area contributed by atoms with Crippen molar-refractivity contribution in [2.45, 2.75) is 52.4 Å². The molecule has 0 radical (unpaired) electrons. The Morgan fingerprint density at radius 1 is 0.886 bits per heavy atom. The third kappa shape index (κ3) is 6.79. The Bertz CT molecular complexity index is 1080. The van der Waals surface area contributed by atoms with E-state index >= 15 is 0 Å². The van der Waals surface area contributed by atoms with Gasteiger partial charge in [0.1, 0.15) is 5.00 Å². The van der Waals surface area contributed by atoms with Crippen molar-refractivity contribution < 1.29 is 28.6 Å². The summed E-state index contributed by atoms with van der Waals surface area (Å²) in [6, 6.07) is 4.51. The molecule has 0 saturated carbocycles. The molecule has 1 heterocycles. The molecule has 10 heteroatoms. The number of fused-ring (bicyclic) bond motifs is 1. The Morgan fingerprint density at radius 3 is 2.06 bits per heavy atom. The molecule has 1 aromatic carbocycles. The predicted molar refractivity (Wildman–Crippen MR) is 140 cm³/mol. The molecule has 0 saturated heterocycles. The van der Waals surface area contributed by atoms with Crippen LogP contribution in [-0.2, 0) is 27.1 Å². The fourth-order valence-electron chi connectivity index (χ4n) is 3.96. The summed E-state index contributed by atoms with van der Waals surface area (Å²) < 4.78 is 15.2. The topological polar surface area (TPSA) is 103 Å². The number of methoxy groups -OCH3 is 1. The van der Waals surface area contributed by atoms with Crippen molar-refractivity contribution in [3.8, 4) is 0 Å². The van der Waals surface area contributed by atoms with Crippen LogP contribution < -0.4 is 10.6 Å². The SMILES string of the molecule is CCOC(=O)c1cc(NC(=S)Nc2sc3c(c2C(=O)OC)CCCCCC3)cc(C(=O)OCC)c1. The lowest BCUT2D eigenvalue weighted by Crippen LogP contribution is -2.21. The maximum atomic E-state index is 12.6. The minimum Gasteiger partial charge on any atom is -0.465 e. The summed E-state index contributed by atoms with van der Waals surface area (Å²) in [7, 11) is 1.37. The molecule has 3 rings (SSSR count). The number of esters is 3. The molecule has 1 aromatic heterocycles. The first-order valence-electron chi connectivity index (χ1n) is 11.7. The molecule has 188 valence electrons. The summed E-state index contributed by atoms with van der Waals surface area (Å²) in [5.74, 6) is -1.53. The van der Waals surface area contributed by atoms with Crippen LogP contribution >= 0.6 is 23.6 Å². The maximum absolute atomic E-state index is 12.6. The van der Waals surface area contributed by atoms with Gasteiger partial charge in [0.2, 0.25) is 0 Å². The van der Waals surface area contributed by atoms with E-state index in [0.717, 1.165) is 37.7 Å². The molecule has 1 aliphatic rings. The van der Waals surface area contributed by atoms with E-state index in [4.69, 9.17) is 26.4 Å². The van der Waals surface area contributed by atoms with E-state index in [1.54, 1.807) is 26.0 Å². The zero-order chi connectivity index (χ0) is 25.4. The zero-order valence-electron chi connectivity index (χ0n) is 20.2. The molecule has 8 nitrogen and oxygen atoms in total. The molecule has 0 fully saturated rings. The summed E-state index contributed by atoms with van der Waals surface area (Å²) in [5.41, 5.74) is 2.34. The van der Waals surface area contributed by atoms with Crippen LogP contribution in [0.3, 0.4) is 0 Å². The van der Waals surface area contributed by atoms with E-state index in [2.05, 4.69) is 10.6 Å². The first-order valence-corrected chi connectivity index (χ1v) is 12.9. The molecule has 0 bridgehead atoms. The highest BCUT2D eigenvalue weighted by atomic mass is 32.1. The number of carbonyl (C=O) groups excluding carboxylic acids is 3. The van der Waals surface area contributed by atoms with Crippen LogP contribution in [0.2, 0.25) is 0 Å². The van der Waals surface area contributed by atoms with Crippen molar-refractivity contribution >= 4 is 57.3 Å². The number of thiophene rings is 1. The number of carbonyl (C=O) groups is 3. The number of hydrogen-bond donors (Lipinski definition) is 2. The van der Waals surface area contributed by atoms with Gasteiger partial charge in [-0.15, -0.1) is 11.3 Å². The highest BCUT2D eigenvalue weighted by molar-refractivity contribution is 7.80. The molecule has 0 spiro atoms. The van der Waals surface area contributed by atoms with Gasteiger partial charge in [-0.25, -0.2) is 14.4 Å². The molecular weight excluding hydrogens is 488 g/mol. The minimum atomic E-state index is -0.563. The second-order valence-corrected chi connectivity index (χ2v) is 9.45. The lowest BCUT2D eigenvalue weighted by molar-refractivity contribution is 0.0523. The van der Waals surface area contributed by atoms with Crippen LogP contribution in [0.25, 0.3) is 0 Å². The van der Waals surface area contributed by atoms with Gasteiger partial charge < -0.3 is 24.8 Å². The van der Waals surface area contributed by atoms with Gasteiger partial charge in [0.05, 0.1) is 37.0 Å². The van der Waals surface area contributed by atoms with Crippen molar-refractivity contribution in [3.05, 3.63) is 45.3 Å². The van der Waals surface area contributed by atoms with Gasteiger partial charge in [0.25, 0.3) is 0 Å². The van der Waals surface area contributed by atoms with Crippen LogP contribution in [0.5, 0.6) is 0 Å². The van der Waals surface area contributed by atoms with Crippen LogP contribution in [0.15, 0.2) is 18.2 Å². The number of thiocarbonyl (C=S) groups is 1. The Morgan fingerprint density at radius 2 is 1.49 bits per heavy atom. The van der Waals surface area contributed by atoms with Crippen LogP contribution in [0.1, 0.15) is 81.0 Å². The van der Waals surface area contributed by atoms with Crippen LogP contribution in [-0.4, -0.2) is 43.3 Å². The number of rotatable bonds is 7. The average Bonchev–Trinajstić information content (AvgIpc) is 3.14. The molecule has 0 atom stereocenters. The summed E-state index contributed by atoms with van der Waals surface area (Å²) in [4.78, 5) is 38.5. The van der Waals surface area contributed by atoms with Crippen molar-refractivity contribution in [2.75, 3.05) is 31.0 Å². The molecule has 0 aliphatic heterocycles. The van der Waals surface area contributed by atoms with E-state index in [-0.39, 0.29) is 29.5 Å². The molecule has 1 aliphatic carbocycles. The third-order valence-corrected chi connectivity index (χ3v) is 6.91. The fraction of sp³-hybridized carbons (Fsp3) is 0.440. The van der Waals surface area contributed by atoms with Gasteiger partial charge in [0.15, 0.2) is 5.11 Å². The van der Waals surface area contributed by atoms with Crippen LogP contribution in [0.4, 0.5) is 10.7 Å². The lowest BCUT2D eigenvalue weighted by atomic mass is 9.96. The van der Waals surface area contributed by atoms with Gasteiger partial charge in [-0.1, -0.05) is 12.8 Å². The molecular formula is C25H30N2O6S2. The number of benzene rings is 1. The Labute approximate surface area is 214 Å². The van der Waals surface area contributed by atoms with Crippen molar-refractivity contribution in [1.82, 2.24) is 0 Å². The predicted octanol–water partition coefficient (Wildman–Crippen LogP) is 5.36. The molecule has 2 aromatic rings. The quantitative estimate of drug-likeness (QED) is 0.285. The number of nitrogens with one attached hydrogen (secondary N) is 2. The molecule has 2 N–H and O–H groups in total. The molecule has 0 amide bonds. The zero-order valence-corrected chi connectivity index (χ0v) is 21.8. The number of anilines is 2. The highest BCUT2D eigenvalue weighted by Crippen LogP contribution is 2.37. The Hall–Kier alpha value is -2.98. The second-order valence-electron chi connectivity index (χ2n) is 7.93. The normalized spacial score (nSPS) is 13.0. The van der Waals surface area contributed by atoms with Gasteiger partial charge in [-0.3, -0.25) is 0 Å². The number of aryl methyl sites for hydroxylation is 1. The smallest absolute Gasteiger partial charge is 0.341 e. The highest BCUT2D eigenvalue weighted by Gasteiger charge is 2.25. The molecule has 35 heavy (non-hydrogen) atoms. The summed E-state index contributed by atoms with van der Waals surface area (Å²) in [6.07, 6.45) is 6.14. The third-order valence-electron chi connectivity index (χ3n) is 5.50. The second kappa shape index (κ2) is 12.6.